The van der Waals surface area contributed by atoms with E-state index >= 15 is 0 Å². The molecule has 5 heteroatoms. The molecule has 2 N–H and O–H groups in total. The fourth-order valence-electron chi connectivity index (χ4n) is 1.42. The molecule has 0 saturated carbocycles. The van der Waals surface area contributed by atoms with E-state index < -0.39 is 0 Å². The van der Waals surface area contributed by atoms with Gasteiger partial charge in [-0.1, -0.05) is 15.9 Å². The molecule has 1 aromatic heterocycles. The summed E-state index contributed by atoms with van der Waals surface area (Å²) in [4.78, 5) is 4.97. The third-order valence-electron chi connectivity index (χ3n) is 2.31. The van der Waals surface area contributed by atoms with Crippen LogP contribution in [0.1, 0.15) is 11.3 Å². The number of hydrogen-bond acceptors (Lipinski definition) is 4. The van der Waals surface area contributed by atoms with Gasteiger partial charge in [0.1, 0.15) is 11.8 Å². The Bertz CT molecular complexity index is 607. The zero-order valence-electron chi connectivity index (χ0n) is 9.43. The van der Waals surface area contributed by atoms with Crippen LogP contribution in [0.5, 0.6) is 0 Å². The Kier molecular flexibility index (Phi) is 4.24. The third-order valence-corrected chi connectivity index (χ3v) is 3.94. The average molecular weight is 320 g/mol. The number of thioether (sulfide) groups is 1. The molecule has 0 aliphatic rings. The normalized spacial score (nSPS) is 10.0. The topological polar surface area (TPSA) is 62.7 Å². The number of benzene rings is 1. The van der Waals surface area contributed by atoms with E-state index in [4.69, 9.17) is 11.0 Å². The van der Waals surface area contributed by atoms with E-state index in [2.05, 4.69) is 20.9 Å². The third kappa shape index (κ3) is 3.25. The second-order valence-electron chi connectivity index (χ2n) is 3.63. The zero-order chi connectivity index (χ0) is 13.0. The number of rotatable bonds is 3. The number of pyridine rings is 1. The lowest BCUT2D eigenvalue weighted by molar-refractivity contribution is 1.22. The highest BCUT2D eigenvalue weighted by molar-refractivity contribution is 9.10. The first-order chi connectivity index (χ1) is 8.69. The number of hydrogen-bond donors (Lipinski definition) is 1. The summed E-state index contributed by atoms with van der Waals surface area (Å²) >= 11 is 5.06. The Labute approximate surface area is 118 Å². The number of nitrogen functional groups attached to an aromatic ring is 1. The van der Waals surface area contributed by atoms with Crippen molar-refractivity contribution in [3.8, 4) is 6.07 Å². The van der Waals surface area contributed by atoms with Crippen LogP contribution in [0.4, 0.5) is 5.69 Å². The minimum absolute atomic E-state index is 0.440. The van der Waals surface area contributed by atoms with Crippen LogP contribution in [0.2, 0.25) is 0 Å². The summed E-state index contributed by atoms with van der Waals surface area (Å²) in [6.07, 6.45) is 1.65. The molecule has 0 radical (unpaired) electrons. The number of anilines is 1. The van der Waals surface area contributed by atoms with Gasteiger partial charge in [0.05, 0.1) is 0 Å². The fourth-order valence-corrected chi connectivity index (χ4v) is 2.88. The Hall–Kier alpha value is -1.51. The first-order valence-corrected chi connectivity index (χ1v) is 7.00. The molecule has 90 valence electrons. The highest BCUT2D eigenvalue weighted by atomic mass is 79.9. The van der Waals surface area contributed by atoms with Crippen molar-refractivity contribution in [2.75, 3.05) is 5.73 Å². The first-order valence-electron chi connectivity index (χ1n) is 5.22. The molecule has 0 fully saturated rings. The fraction of sp³-hybridized carbons (Fsp3) is 0.0769. The molecule has 0 amide bonds. The molecule has 18 heavy (non-hydrogen) atoms. The second-order valence-corrected chi connectivity index (χ2v) is 5.56. The van der Waals surface area contributed by atoms with Crippen LogP contribution in [0.25, 0.3) is 0 Å². The van der Waals surface area contributed by atoms with Gasteiger partial charge in [0, 0.05) is 27.0 Å². The molecule has 0 saturated heterocycles. The quantitative estimate of drug-likeness (QED) is 0.693. The number of halogens is 1. The summed E-state index contributed by atoms with van der Waals surface area (Å²) in [5.41, 5.74) is 8.17. The van der Waals surface area contributed by atoms with Gasteiger partial charge in [0.15, 0.2) is 0 Å². The van der Waals surface area contributed by atoms with Gasteiger partial charge in [-0.05, 0) is 35.9 Å². The summed E-state index contributed by atoms with van der Waals surface area (Å²) in [7, 11) is 0. The Morgan fingerprint density at radius 3 is 2.94 bits per heavy atom. The minimum Gasteiger partial charge on any atom is -0.398 e. The van der Waals surface area contributed by atoms with Crippen molar-refractivity contribution in [1.82, 2.24) is 4.98 Å². The lowest BCUT2D eigenvalue weighted by Crippen LogP contribution is -1.90. The van der Waals surface area contributed by atoms with E-state index in [9.17, 15) is 0 Å². The lowest BCUT2D eigenvalue weighted by atomic mass is 10.2. The molecule has 1 heterocycles. The largest absolute Gasteiger partial charge is 0.398 e. The molecule has 0 unspecified atom stereocenters. The predicted octanol–water partition coefficient (Wildman–Crippen LogP) is 3.59. The standard InChI is InChI=1S/C13H10BrN3S/c14-10-1-2-12(16)13(6-10)18-8-9-3-4-17-11(5-9)7-15/h1-6H,8,16H2. The second kappa shape index (κ2) is 5.89. The maximum absolute atomic E-state index is 8.78. The van der Waals surface area contributed by atoms with Crippen molar-refractivity contribution in [1.29, 1.82) is 5.26 Å². The van der Waals surface area contributed by atoms with Crippen LogP contribution in [-0.2, 0) is 5.75 Å². The number of aromatic nitrogens is 1. The number of nitrogens with zero attached hydrogens (tertiary/aromatic N) is 2. The van der Waals surface area contributed by atoms with Crippen LogP contribution >= 0.6 is 27.7 Å². The maximum atomic E-state index is 8.78. The Morgan fingerprint density at radius 1 is 1.33 bits per heavy atom. The predicted molar refractivity (Wildman–Crippen MR) is 77.1 cm³/mol. The summed E-state index contributed by atoms with van der Waals surface area (Å²) in [6, 6.07) is 11.5. The van der Waals surface area contributed by atoms with Crippen molar-refractivity contribution in [3.63, 3.8) is 0 Å². The van der Waals surface area contributed by atoms with E-state index in [1.165, 1.54) is 0 Å². The van der Waals surface area contributed by atoms with Crippen LogP contribution in [0, 0.1) is 11.3 Å². The van der Waals surface area contributed by atoms with Crippen LogP contribution in [0.3, 0.4) is 0 Å². The van der Waals surface area contributed by atoms with Crippen molar-refractivity contribution in [3.05, 3.63) is 52.3 Å². The van der Waals surface area contributed by atoms with Gasteiger partial charge >= 0.3 is 0 Å². The number of nitrogens with two attached hydrogens (primary N) is 1. The van der Waals surface area contributed by atoms with Gasteiger partial charge in [0.2, 0.25) is 0 Å². The van der Waals surface area contributed by atoms with E-state index in [1.807, 2.05) is 30.3 Å². The van der Waals surface area contributed by atoms with Gasteiger partial charge < -0.3 is 5.73 Å². The van der Waals surface area contributed by atoms with E-state index in [0.29, 0.717) is 5.69 Å². The van der Waals surface area contributed by atoms with Crippen LogP contribution in [-0.4, -0.2) is 4.98 Å². The van der Waals surface area contributed by atoms with Crippen molar-refractivity contribution in [2.24, 2.45) is 0 Å². The van der Waals surface area contributed by atoms with Crippen molar-refractivity contribution < 1.29 is 0 Å². The molecular formula is C13H10BrN3S. The monoisotopic (exact) mass is 319 g/mol. The van der Waals surface area contributed by atoms with Crippen LogP contribution < -0.4 is 5.73 Å². The molecule has 0 bridgehead atoms. The van der Waals surface area contributed by atoms with Gasteiger partial charge in [-0.2, -0.15) is 5.26 Å². The molecule has 3 nitrogen and oxygen atoms in total. The van der Waals surface area contributed by atoms with E-state index in [1.54, 1.807) is 24.0 Å². The molecule has 1 aromatic carbocycles. The molecule has 0 atom stereocenters. The Balaban J connectivity index is 2.11. The van der Waals surface area contributed by atoms with Crippen molar-refractivity contribution >= 4 is 33.4 Å². The summed E-state index contributed by atoms with van der Waals surface area (Å²) in [5.74, 6) is 0.762. The van der Waals surface area contributed by atoms with Crippen molar-refractivity contribution in [2.45, 2.75) is 10.6 Å². The summed E-state index contributed by atoms with van der Waals surface area (Å²) in [5, 5.41) is 8.78. The highest BCUT2D eigenvalue weighted by Crippen LogP contribution is 2.30. The molecule has 2 rings (SSSR count). The Morgan fingerprint density at radius 2 is 2.17 bits per heavy atom. The molecule has 0 spiro atoms. The van der Waals surface area contributed by atoms with Crippen LogP contribution in [0.15, 0.2) is 45.9 Å². The average Bonchev–Trinajstić information content (AvgIpc) is 2.40. The number of nitriles is 1. The smallest absolute Gasteiger partial charge is 0.140 e. The zero-order valence-corrected chi connectivity index (χ0v) is 11.8. The highest BCUT2D eigenvalue weighted by Gasteiger charge is 2.03. The first kappa shape index (κ1) is 12.9. The molecular weight excluding hydrogens is 310 g/mol. The minimum atomic E-state index is 0.440. The molecule has 0 aliphatic heterocycles. The summed E-state index contributed by atoms with van der Waals surface area (Å²) < 4.78 is 1.01. The van der Waals surface area contributed by atoms with E-state index in [-0.39, 0.29) is 0 Å². The molecule has 2 aromatic rings. The van der Waals surface area contributed by atoms with Gasteiger partial charge in [-0.3, -0.25) is 0 Å². The maximum Gasteiger partial charge on any atom is 0.140 e. The van der Waals surface area contributed by atoms with Gasteiger partial charge in [0.25, 0.3) is 0 Å². The SMILES string of the molecule is N#Cc1cc(CSc2cc(Br)ccc2N)ccn1. The van der Waals surface area contributed by atoms with Gasteiger partial charge in [-0.25, -0.2) is 4.98 Å². The summed E-state index contributed by atoms with van der Waals surface area (Å²) in [6.45, 7) is 0. The van der Waals surface area contributed by atoms with Gasteiger partial charge in [-0.15, -0.1) is 11.8 Å². The molecule has 0 aliphatic carbocycles. The van der Waals surface area contributed by atoms with E-state index in [0.717, 1.165) is 26.4 Å². The lowest BCUT2D eigenvalue weighted by Gasteiger charge is -2.06.